The van der Waals surface area contributed by atoms with Crippen molar-refractivity contribution in [2.24, 2.45) is 0 Å². The Morgan fingerprint density at radius 2 is 1.79 bits per heavy atom. The number of halogens is 2. The van der Waals surface area contributed by atoms with E-state index in [2.05, 4.69) is 15.9 Å². The molecule has 8 heteroatoms. The highest BCUT2D eigenvalue weighted by atomic mass is 79.9. The van der Waals surface area contributed by atoms with Gasteiger partial charge in [0.1, 0.15) is 5.58 Å². The summed E-state index contributed by atoms with van der Waals surface area (Å²) in [5, 5.41) is 0.729. The molecule has 6 nitrogen and oxygen atoms in total. The van der Waals surface area contributed by atoms with Crippen molar-refractivity contribution < 1.29 is 18.7 Å². The molecule has 2 heterocycles. The van der Waals surface area contributed by atoms with Gasteiger partial charge in [-0.15, -0.1) is 0 Å². The zero-order chi connectivity index (χ0) is 24.0. The molecule has 1 amide bonds. The first-order valence-corrected chi connectivity index (χ1v) is 11.8. The number of rotatable bonds is 5. The number of methoxy groups -OCH3 is 1. The number of carbonyl (C=O) groups is 1. The van der Waals surface area contributed by atoms with E-state index < -0.39 is 11.9 Å². The largest absolute Gasteiger partial charge is 0.493 e. The van der Waals surface area contributed by atoms with Crippen LogP contribution in [0.15, 0.2) is 74.3 Å². The third-order valence-electron chi connectivity index (χ3n) is 5.74. The molecule has 0 fully saturated rings. The molecular formula is C26H19BrClNO5. The van der Waals surface area contributed by atoms with Crippen molar-refractivity contribution in [3.63, 3.8) is 0 Å². The fourth-order valence-electron chi connectivity index (χ4n) is 4.26. The lowest BCUT2D eigenvalue weighted by Gasteiger charge is -2.26. The van der Waals surface area contributed by atoms with Gasteiger partial charge in [-0.2, -0.15) is 0 Å². The van der Waals surface area contributed by atoms with Gasteiger partial charge in [-0.1, -0.05) is 33.6 Å². The number of nitrogens with zero attached hydrogens (tertiary/aromatic N) is 1. The van der Waals surface area contributed by atoms with E-state index in [1.807, 2.05) is 37.3 Å². The van der Waals surface area contributed by atoms with Crippen LogP contribution < -0.4 is 19.8 Å². The second-order valence-corrected chi connectivity index (χ2v) is 9.06. The maximum Gasteiger partial charge on any atom is 0.295 e. The lowest BCUT2D eigenvalue weighted by Crippen LogP contribution is -2.29. The average molecular weight is 541 g/mol. The molecule has 0 saturated carbocycles. The maximum atomic E-state index is 13.7. The fraction of sp³-hybridized carbons (Fsp3) is 0.154. The molecule has 0 radical (unpaired) electrons. The smallest absolute Gasteiger partial charge is 0.295 e. The van der Waals surface area contributed by atoms with Gasteiger partial charge in [-0.3, -0.25) is 14.5 Å². The van der Waals surface area contributed by atoms with Crippen LogP contribution in [0.3, 0.4) is 0 Å². The minimum atomic E-state index is -0.729. The Labute approximate surface area is 208 Å². The molecule has 34 heavy (non-hydrogen) atoms. The summed E-state index contributed by atoms with van der Waals surface area (Å²) in [4.78, 5) is 28.9. The molecule has 0 bridgehead atoms. The summed E-state index contributed by atoms with van der Waals surface area (Å²) in [5.41, 5.74) is 1.57. The molecule has 0 aliphatic carbocycles. The number of benzene rings is 3. The number of anilines is 1. The van der Waals surface area contributed by atoms with Crippen molar-refractivity contribution in [1.29, 1.82) is 0 Å². The normalized spacial score (nSPS) is 15.0. The van der Waals surface area contributed by atoms with E-state index in [0.29, 0.717) is 45.3 Å². The Hall–Kier alpha value is -3.29. The van der Waals surface area contributed by atoms with E-state index in [4.69, 9.17) is 25.5 Å². The molecule has 1 aliphatic rings. The quantitative estimate of drug-likeness (QED) is 0.294. The highest BCUT2D eigenvalue weighted by Gasteiger charge is 2.44. The molecular weight excluding hydrogens is 522 g/mol. The van der Waals surface area contributed by atoms with E-state index in [1.165, 1.54) is 0 Å². The van der Waals surface area contributed by atoms with Crippen LogP contribution in [0.1, 0.15) is 34.6 Å². The highest BCUT2D eigenvalue weighted by molar-refractivity contribution is 9.10. The average Bonchev–Trinajstić information content (AvgIpc) is 3.13. The minimum absolute atomic E-state index is 0.0144. The zero-order valence-electron chi connectivity index (χ0n) is 18.3. The summed E-state index contributed by atoms with van der Waals surface area (Å²) in [7, 11) is 1.55. The van der Waals surface area contributed by atoms with Crippen LogP contribution in [0, 0.1) is 0 Å². The van der Waals surface area contributed by atoms with E-state index >= 15 is 0 Å². The SMILES string of the molecule is CCOc1ccc(C2c3c(oc4ccc(Cl)cc4c3=O)C(=O)N2c2ccc(Br)cc2)cc1OC. The molecule has 0 N–H and O–H groups in total. The second kappa shape index (κ2) is 8.81. The number of carbonyl (C=O) groups excluding carboxylic acids is 1. The fourth-order valence-corrected chi connectivity index (χ4v) is 4.69. The van der Waals surface area contributed by atoms with Gasteiger partial charge in [0.05, 0.1) is 30.7 Å². The second-order valence-electron chi connectivity index (χ2n) is 7.71. The topological polar surface area (TPSA) is 69.0 Å². The van der Waals surface area contributed by atoms with Crippen molar-refractivity contribution in [2.45, 2.75) is 13.0 Å². The van der Waals surface area contributed by atoms with Crippen molar-refractivity contribution in [3.05, 3.63) is 97.3 Å². The maximum absolute atomic E-state index is 13.7. The Balaban J connectivity index is 1.78. The summed E-state index contributed by atoms with van der Waals surface area (Å²) in [6.07, 6.45) is 0. The number of ether oxygens (including phenoxy) is 2. The third kappa shape index (κ3) is 3.65. The lowest BCUT2D eigenvalue weighted by atomic mass is 9.97. The molecule has 1 aliphatic heterocycles. The van der Waals surface area contributed by atoms with Crippen LogP contribution in [-0.2, 0) is 0 Å². The first-order chi connectivity index (χ1) is 16.4. The number of amides is 1. The standard InChI is InChI=1S/C26H19BrClNO5/c1-3-33-20-10-4-14(12-21(20)32-2)23-22-24(30)18-13-16(28)7-11-19(18)34-25(22)26(31)29(23)17-8-5-15(27)6-9-17/h4-13,23H,3H2,1-2H3. The van der Waals surface area contributed by atoms with Gasteiger partial charge < -0.3 is 13.9 Å². The van der Waals surface area contributed by atoms with Crippen LogP contribution >= 0.6 is 27.5 Å². The van der Waals surface area contributed by atoms with Gasteiger partial charge in [-0.05, 0) is 67.1 Å². The molecule has 1 unspecified atom stereocenters. The van der Waals surface area contributed by atoms with Crippen LogP contribution in [0.5, 0.6) is 11.5 Å². The number of fused-ring (bicyclic) bond motifs is 2. The summed E-state index contributed by atoms with van der Waals surface area (Å²) in [6.45, 7) is 2.36. The summed E-state index contributed by atoms with van der Waals surface area (Å²) in [6, 6.07) is 16.8. The minimum Gasteiger partial charge on any atom is -0.493 e. The van der Waals surface area contributed by atoms with Crippen LogP contribution in [0.2, 0.25) is 5.02 Å². The van der Waals surface area contributed by atoms with Crippen molar-refractivity contribution in [1.82, 2.24) is 0 Å². The van der Waals surface area contributed by atoms with Crippen LogP contribution in [0.4, 0.5) is 5.69 Å². The van der Waals surface area contributed by atoms with Gasteiger partial charge in [0, 0.05) is 15.2 Å². The third-order valence-corrected chi connectivity index (χ3v) is 6.50. The predicted octanol–water partition coefficient (Wildman–Crippen LogP) is 6.37. The molecule has 0 spiro atoms. The summed E-state index contributed by atoms with van der Waals surface area (Å²) in [5.74, 6) is 0.694. The Morgan fingerprint density at radius 1 is 1.03 bits per heavy atom. The van der Waals surface area contributed by atoms with Crippen molar-refractivity contribution >= 4 is 50.1 Å². The molecule has 3 aromatic carbocycles. The van der Waals surface area contributed by atoms with Crippen LogP contribution in [0.25, 0.3) is 11.0 Å². The van der Waals surface area contributed by atoms with Crippen molar-refractivity contribution in [2.75, 3.05) is 18.6 Å². The molecule has 4 aromatic rings. The molecule has 1 aromatic heterocycles. The van der Waals surface area contributed by atoms with Gasteiger partial charge in [0.15, 0.2) is 16.9 Å². The molecule has 1 atom stereocenters. The van der Waals surface area contributed by atoms with E-state index in [0.717, 1.165) is 4.47 Å². The monoisotopic (exact) mass is 539 g/mol. The summed E-state index contributed by atoms with van der Waals surface area (Å²) >= 11 is 9.59. The first kappa shape index (κ1) is 22.5. The van der Waals surface area contributed by atoms with E-state index in [1.54, 1.807) is 42.3 Å². The lowest BCUT2D eigenvalue weighted by molar-refractivity contribution is 0.0971. The first-order valence-electron chi connectivity index (χ1n) is 10.6. The van der Waals surface area contributed by atoms with Gasteiger partial charge in [0.25, 0.3) is 5.91 Å². The van der Waals surface area contributed by atoms with E-state index in [9.17, 15) is 9.59 Å². The summed E-state index contributed by atoms with van der Waals surface area (Å²) < 4.78 is 18.0. The number of hydrogen-bond acceptors (Lipinski definition) is 5. The zero-order valence-corrected chi connectivity index (χ0v) is 20.6. The molecule has 0 saturated heterocycles. The van der Waals surface area contributed by atoms with Crippen LogP contribution in [-0.4, -0.2) is 19.6 Å². The van der Waals surface area contributed by atoms with Crippen molar-refractivity contribution in [3.8, 4) is 11.5 Å². The Morgan fingerprint density at radius 3 is 2.50 bits per heavy atom. The van der Waals surface area contributed by atoms with Gasteiger partial charge >= 0.3 is 0 Å². The number of hydrogen-bond donors (Lipinski definition) is 0. The predicted molar refractivity (Wildman–Crippen MR) is 134 cm³/mol. The highest BCUT2D eigenvalue weighted by Crippen LogP contribution is 2.43. The Kier molecular flexibility index (Phi) is 5.83. The molecule has 172 valence electrons. The van der Waals surface area contributed by atoms with Gasteiger partial charge in [-0.25, -0.2) is 0 Å². The molecule has 5 rings (SSSR count). The van der Waals surface area contributed by atoms with E-state index in [-0.39, 0.29) is 16.8 Å². The van der Waals surface area contributed by atoms with Gasteiger partial charge in [0.2, 0.25) is 5.76 Å². The Bertz CT molecular complexity index is 1480.